The fraction of sp³-hybridized carbons (Fsp3) is 0.562. The molecule has 1 saturated heterocycles. The molecule has 0 aromatic carbocycles. The number of halogens is 1. The summed E-state index contributed by atoms with van der Waals surface area (Å²) in [5.74, 6) is 0.413. The number of pyridine rings is 1. The van der Waals surface area contributed by atoms with Gasteiger partial charge in [-0.25, -0.2) is 4.79 Å². The fourth-order valence-electron chi connectivity index (χ4n) is 3.27. The first-order chi connectivity index (χ1) is 11.4. The van der Waals surface area contributed by atoms with Gasteiger partial charge in [-0.3, -0.25) is 14.5 Å². The average molecular weight is 398 g/mol. The van der Waals surface area contributed by atoms with Gasteiger partial charge in [0.1, 0.15) is 12.3 Å². The predicted octanol–water partition coefficient (Wildman–Crippen LogP) is 1.73. The van der Waals surface area contributed by atoms with E-state index in [0.717, 1.165) is 30.2 Å². The zero-order valence-electron chi connectivity index (χ0n) is 13.7. The van der Waals surface area contributed by atoms with Crippen LogP contribution in [-0.2, 0) is 11.8 Å². The number of carbonyl (C=O) groups is 2. The molecule has 1 saturated carbocycles. The first-order valence-electron chi connectivity index (χ1n) is 7.97. The number of nitrogens with zero attached hydrogens (tertiary/aromatic N) is 3. The molecular weight excluding hydrogens is 378 g/mol. The van der Waals surface area contributed by atoms with Crippen molar-refractivity contribution in [3.05, 3.63) is 27.1 Å². The van der Waals surface area contributed by atoms with E-state index in [1.54, 1.807) is 20.3 Å². The lowest BCUT2D eigenvalue weighted by Crippen LogP contribution is -2.44. The van der Waals surface area contributed by atoms with Crippen LogP contribution in [0.3, 0.4) is 0 Å². The summed E-state index contributed by atoms with van der Waals surface area (Å²) >= 11 is 3.41. The van der Waals surface area contributed by atoms with E-state index in [4.69, 9.17) is 4.74 Å². The lowest BCUT2D eigenvalue weighted by atomic mass is 9.92. The summed E-state index contributed by atoms with van der Waals surface area (Å²) in [6.07, 6.45) is 4.59. The number of aromatic nitrogens is 1. The van der Waals surface area contributed by atoms with E-state index in [1.807, 2.05) is 0 Å². The molecule has 24 heavy (non-hydrogen) atoms. The predicted molar refractivity (Wildman–Crippen MR) is 90.9 cm³/mol. The van der Waals surface area contributed by atoms with Gasteiger partial charge in [-0.15, -0.1) is 0 Å². The van der Waals surface area contributed by atoms with Crippen LogP contribution in [0.15, 0.2) is 21.5 Å². The highest BCUT2D eigenvalue weighted by Crippen LogP contribution is 2.31. The maximum absolute atomic E-state index is 12.1. The van der Waals surface area contributed by atoms with Gasteiger partial charge in [0.2, 0.25) is 0 Å². The number of carbonyl (C=O) groups excluding carboxylic acids is 2. The summed E-state index contributed by atoms with van der Waals surface area (Å²) in [6.45, 7) is 0.162. The van der Waals surface area contributed by atoms with Crippen LogP contribution in [-0.4, -0.2) is 52.0 Å². The Hall–Kier alpha value is -1.83. The smallest absolute Gasteiger partial charge is 0.327 e. The molecule has 2 fully saturated rings. The molecule has 1 aromatic rings. The van der Waals surface area contributed by atoms with E-state index >= 15 is 0 Å². The Bertz CT molecular complexity index is 725. The summed E-state index contributed by atoms with van der Waals surface area (Å²) in [7, 11) is 3.32. The van der Waals surface area contributed by atoms with Crippen molar-refractivity contribution in [2.45, 2.75) is 37.8 Å². The highest BCUT2D eigenvalue weighted by Gasteiger charge is 2.40. The zero-order valence-corrected chi connectivity index (χ0v) is 15.3. The van der Waals surface area contributed by atoms with Gasteiger partial charge in [0, 0.05) is 32.4 Å². The van der Waals surface area contributed by atoms with Crippen LogP contribution in [0.4, 0.5) is 4.79 Å². The number of ether oxygens (including phenoxy) is 1. The third kappa shape index (κ3) is 3.19. The molecule has 0 unspecified atom stereocenters. The van der Waals surface area contributed by atoms with Gasteiger partial charge < -0.3 is 14.2 Å². The third-order valence-corrected chi connectivity index (χ3v) is 5.22. The normalized spacial score (nSPS) is 24.6. The van der Waals surface area contributed by atoms with Crippen LogP contribution in [0.25, 0.3) is 0 Å². The van der Waals surface area contributed by atoms with E-state index < -0.39 is 0 Å². The standard InChI is InChI=1S/C16H20BrN3O4/c1-18-8-12(17)13(7-14(18)21)24-11-5-3-10(4-6-11)20-15(22)9-19(2)16(20)23/h7-8,10-11H,3-6,9H2,1-2H3/t10-,11-. The van der Waals surface area contributed by atoms with E-state index in [0.29, 0.717) is 5.75 Å². The monoisotopic (exact) mass is 397 g/mol. The molecule has 2 heterocycles. The van der Waals surface area contributed by atoms with Gasteiger partial charge in [0.15, 0.2) is 0 Å². The van der Waals surface area contributed by atoms with Crippen molar-refractivity contribution in [3.63, 3.8) is 0 Å². The molecule has 7 nitrogen and oxygen atoms in total. The molecule has 1 aliphatic heterocycles. The Morgan fingerprint density at radius 3 is 2.38 bits per heavy atom. The minimum absolute atomic E-state index is 0.0183. The van der Waals surface area contributed by atoms with Crippen molar-refractivity contribution >= 4 is 27.9 Å². The SMILES string of the molecule is CN1CC(=O)N([C@H]2CC[C@H](Oc3cc(=O)n(C)cc3Br)CC2)C1=O. The van der Waals surface area contributed by atoms with Crippen molar-refractivity contribution in [1.82, 2.24) is 14.4 Å². The van der Waals surface area contributed by atoms with Crippen molar-refractivity contribution in [2.24, 2.45) is 7.05 Å². The highest BCUT2D eigenvalue weighted by atomic mass is 79.9. The quantitative estimate of drug-likeness (QED) is 0.728. The Morgan fingerprint density at radius 1 is 1.12 bits per heavy atom. The largest absolute Gasteiger partial charge is 0.489 e. The Morgan fingerprint density at radius 2 is 1.79 bits per heavy atom. The van der Waals surface area contributed by atoms with Gasteiger partial charge in [-0.05, 0) is 41.6 Å². The molecule has 130 valence electrons. The summed E-state index contributed by atoms with van der Waals surface area (Å²) < 4.78 is 8.16. The molecule has 0 spiro atoms. The number of rotatable bonds is 3. The first-order valence-corrected chi connectivity index (χ1v) is 8.76. The van der Waals surface area contributed by atoms with E-state index in [1.165, 1.54) is 20.4 Å². The van der Waals surface area contributed by atoms with E-state index in [-0.39, 0.29) is 36.2 Å². The molecule has 0 N–H and O–H groups in total. The molecule has 1 aliphatic carbocycles. The van der Waals surface area contributed by atoms with Gasteiger partial charge in [-0.2, -0.15) is 0 Å². The maximum Gasteiger partial charge on any atom is 0.327 e. The highest BCUT2D eigenvalue weighted by molar-refractivity contribution is 9.10. The van der Waals surface area contributed by atoms with Gasteiger partial charge >= 0.3 is 6.03 Å². The molecule has 0 radical (unpaired) electrons. The summed E-state index contributed by atoms with van der Waals surface area (Å²) in [4.78, 5) is 38.6. The second-order valence-corrected chi connectivity index (χ2v) is 7.24. The Balaban J connectivity index is 1.62. The number of hydrogen-bond acceptors (Lipinski definition) is 4. The van der Waals surface area contributed by atoms with Crippen LogP contribution in [0, 0.1) is 0 Å². The van der Waals surface area contributed by atoms with Crippen LogP contribution in [0.5, 0.6) is 5.75 Å². The van der Waals surface area contributed by atoms with Crippen molar-refractivity contribution in [3.8, 4) is 5.75 Å². The molecule has 0 atom stereocenters. The lowest BCUT2D eigenvalue weighted by molar-refractivity contribution is -0.127. The van der Waals surface area contributed by atoms with Gasteiger partial charge in [-0.1, -0.05) is 0 Å². The van der Waals surface area contributed by atoms with Gasteiger partial charge in [0.25, 0.3) is 11.5 Å². The summed E-state index contributed by atoms with van der Waals surface area (Å²) in [5, 5.41) is 0. The van der Waals surface area contributed by atoms with Crippen molar-refractivity contribution in [2.75, 3.05) is 13.6 Å². The topological polar surface area (TPSA) is 71.8 Å². The number of imide groups is 1. The number of likely N-dealkylation sites (N-methyl/N-ethyl adjacent to an activating group) is 1. The molecule has 0 bridgehead atoms. The second kappa shape index (κ2) is 6.58. The minimum Gasteiger partial charge on any atom is -0.489 e. The fourth-order valence-corrected chi connectivity index (χ4v) is 3.78. The first kappa shape index (κ1) is 17.0. The summed E-state index contributed by atoms with van der Waals surface area (Å²) in [6, 6.07) is 1.21. The van der Waals surface area contributed by atoms with E-state index in [9.17, 15) is 14.4 Å². The van der Waals surface area contributed by atoms with Gasteiger partial charge in [0.05, 0.1) is 10.6 Å². The lowest BCUT2D eigenvalue weighted by Gasteiger charge is -2.33. The van der Waals surface area contributed by atoms with Crippen molar-refractivity contribution in [1.29, 1.82) is 0 Å². The van der Waals surface area contributed by atoms with Crippen LogP contribution >= 0.6 is 15.9 Å². The minimum atomic E-state index is -0.210. The Labute approximate surface area is 148 Å². The maximum atomic E-state index is 12.1. The molecule has 3 rings (SSSR count). The van der Waals surface area contributed by atoms with Crippen LogP contribution in [0.1, 0.15) is 25.7 Å². The number of amides is 3. The molecule has 8 heteroatoms. The van der Waals surface area contributed by atoms with E-state index in [2.05, 4.69) is 15.9 Å². The van der Waals surface area contributed by atoms with Crippen LogP contribution < -0.4 is 10.3 Å². The molecule has 1 aromatic heterocycles. The van der Waals surface area contributed by atoms with Crippen molar-refractivity contribution < 1.29 is 14.3 Å². The van der Waals surface area contributed by atoms with Crippen LogP contribution in [0.2, 0.25) is 0 Å². The summed E-state index contributed by atoms with van der Waals surface area (Å²) in [5.41, 5.74) is -0.127. The molecule has 3 amide bonds. The zero-order chi connectivity index (χ0) is 17.4. The molecular formula is C16H20BrN3O4. The third-order valence-electron chi connectivity index (χ3n) is 4.62. The number of hydrogen-bond donors (Lipinski definition) is 0. The number of urea groups is 1. The Kier molecular flexibility index (Phi) is 4.67. The number of aryl methyl sites for hydroxylation is 1. The second-order valence-electron chi connectivity index (χ2n) is 6.39. The molecule has 2 aliphatic rings. The average Bonchev–Trinajstić information content (AvgIpc) is 2.79.